The molecule has 1 aromatic heterocycles. The molecule has 3 rings (SSSR count). The van der Waals surface area contributed by atoms with Crippen LogP contribution in [0.5, 0.6) is 11.5 Å². The van der Waals surface area contributed by atoms with Crippen LogP contribution in [0.3, 0.4) is 0 Å². The van der Waals surface area contributed by atoms with Gasteiger partial charge in [-0.2, -0.15) is 11.0 Å². The van der Waals surface area contributed by atoms with Gasteiger partial charge in [0.25, 0.3) is 12.3 Å². The second kappa shape index (κ2) is 9.04. The molecule has 0 bridgehead atoms. The number of nitrogens with two attached hydrogens (primary N) is 1. The minimum absolute atomic E-state index is 0.475. The first kappa shape index (κ1) is 17.2. The molecular formula is C16H16N4O4S. The van der Waals surface area contributed by atoms with Crippen molar-refractivity contribution in [2.75, 3.05) is 0 Å². The number of rotatable bonds is 9. The van der Waals surface area contributed by atoms with Gasteiger partial charge in [-0.25, -0.2) is 9.67 Å². The van der Waals surface area contributed by atoms with Crippen LogP contribution in [0, 0.1) is 0 Å². The molecule has 0 aliphatic carbocycles. The Morgan fingerprint density at radius 3 is 2.36 bits per heavy atom. The zero-order chi connectivity index (χ0) is 17.3. The van der Waals surface area contributed by atoms with Crippen molar-refractivity contribution in [1.29, 1.82) is 0 Å². The molecular weight excluding hydrogens is 344 g/mol. The van der Waals surface area contributed by atoms with Crippen LogP contribution in [-0.2, 0) is 22.5 Å². The third-order valence-corrected chi connectivity index (χ3v) is 3.66. The van der Waals surface area contributed by atoms with Gasteiger partial charge in [-0.15, -0.1) is 9.32 Å². The third kappa shape index (κ3) is 5.47. The van der Waals surface area contributed by atoms with Gasteiger partial charge in [-0.05, 0) is 35.4 Å². The Labute approximate surface area is 148 Å². The van der Waals surface area contributed by atoms with Gasteiger partial charge in [0.1, 0.15) is 30.8 Å². The van der Waals surface area contributed by atoms with Crippen LogP contribution in [0.25, 0.3) is 0 Å². The van der Waals surface area contributed by atoms with E-state index in [2.05, 4.69) is 19.4 Å². The molecule has 8 nitrogen and oxygen atoms in total. The lowest BCUT2D eigenvalue weighted by Gasteiger charge is -2.08. The Kier molecular flexibility index (Phi) is 6.23. The molecule has 25 heavy (non-hydrogen) atoms. The lowest BCUT2D eigenvalue weighted by Crippen LogP contribution is -2.01. The van der Waals surface area contributed by atoms with E-state index in [1.165, 1.54) is 6.33 Å². The maximum absolute atomic E-state index is 5.75. The van der Waals surface area contributed by atoms with Gasteiger partial charge in [0.15, 0.2) is 0 Å². The summed E-state index contributed by atoms with van der Waals surface area (Å²) >= 11 is 0.627. The second-order valence-corrected chi connectivity index (χ2v) is 5.42. The lowest BCUT2D eigenvalue weighted by molar-refractivity contribution is -0.199. The zero-order valence-electron chi connectivity index (χ0n) is 13.1. The molecule has 0 fully saturated rings. The van der Waals surface area contributed by atoms with Crippen LogP contribution in [0.1, 0.15) is 11.1 Å². The molecule has 0 atom stereocenters. The van der Waals surface area contributed by atoms with Crippen molar-refractivity contribution in [3.05, 3.63) is 72.3 Å². The summed E-state index contributed by atoms with van der Waals surface area (Å²) in [5.41, 5.74) is 2.23. The van der Waals surface area contributed by atoms with Gasteiger partial charge in [0.2, 0.25) is 0 Å². The zero-order valence-corrected chi connectivity index (χ0v) is 14.0. The van der Waals surface area contributed by atoms with Gasteiger partial charge in [-0.3, -0.25) is 0 Å². The first-order valence-electron chi connectivity index (χ1n) is 7.33. The van der Waals surface area contributed by atoms with E-state index in [1.807, 2.05) is 24.3 Å². The summed E-state index contributed by atoms with van der Waals surface area (Å²) in [6, 6.07) is 15.3. The fourth-order valence-corrected chi connectivity index (χ4v) is 2.32. The third-order valence-electron chi connectivity index (χ3n) is 3.26. The largest absolute Gasteiger partial charge is 0.489 e. The minimum Gasteiger partial charge on any atom is -0.489 e. The number of hydrogen-bond donors (Lipinski definition) is 1. The van der Waals surface area contributed by atoms with Crippen molar-refractivity contribution in [3.63, 3.8) is 0 Å². The molecule has 0 saturated carbocycles. The van der Waals surface area contributed by atoms with Crippen molar-refractivity contribution in [1.82, 2.24) is 14.8 Å². The van der Waals surface area contributed by atoms with E-state index >= 15 is 0 Å². The normalized spacial score (nSPS) is 10.6. The van der Waals surface area contributed by atoms with E-state index in [0.29, 0.717) is 31.2 Å². The quantitative estimate of drug-likeness (QED) is 0.269. The average Bonchev–Trinajstić information content (AvgIpc) is 3.15. The number of aromatic nitrogens is 3. The van der Waals surface area contributed by atoms with Crippen LogP contribution in [-0.4, -0.2) is 14.8 Å². The van der Waals surface area contributed by atoms with Crippen LogP contribution in [0.4, 0.5) is 0 Å². The first-order valence-corrected chi connectivity index (χ1v) is 8.00. The summed E-state index contributed by atoms with van der Waals surface area (Å²) in [7, 11) is 0. The van der Waals surface area contributed by atoms with Gasteiger partial charge < -0.3 is 8.92 Å². The number of ether oxygens (including phenoxy) is 1. The van der Waals surface area contributed by atoms with Crippen LogP contribution >= 0.6 is 12.3 Å². The van der Waals surface area contributed by atoms with E-state index in [9.17, 15) is 0 Å². The van der Waals surface area contributed by atoms with E-state index in [-0.39, 0.29) is 0 Å². The van der Waals surface area contributed by atoms with Gasteiger partial charge in [0.05, 0.1) is 6.54 Å². The Hall–Kier alpha value is -2.59. The lowest BCUT2D eigenvalue weighted by atomic mass is 10.1. The fraction of sp³-hybridized carbons (Fsp3) is 0.125. The maximum Gasteiger partial charge on any atom is 0.260 e. The predicted octanol–water partition coefficient (Wildman–Crippen LogP) is 2.67. The smallest absolute Gasteiger partial charge is 0.260 e. The van der Waals surface area contributed by atoms with E-state index < -0.39 is 0 Å². The van der Waals surface area contributed by atoms with Crippen molar-refractivity contribution >= 4 is 12.3 Å². The predicted molar refractivity (Wildman–Crippen MR) is 90.9 cm³/mol. The van der Waals surface area contributed by atoms with E-state index in [4.69, 9.17) is 14.8 Å². The molecule has 1 heterocycles. The van der Waals surface area contributed by atoms with Crippen molar-refractivity contribution in [3.8, 4) is 11.5 Å². The Morgan fingerprint density at radius 2 is 1.68 bits per heavy atom. The number of benzene rings is 2. The molecule has 0 radical (unpaired) electrons. The van der Waals surface area contributed by atoms with E-state index in [0.717, 1.165) is 16.9 Å². The molecule has 2 N–H and O–H groups in total. The van der Waals surface area contributed by atoms with Crippen molar-refractivity contribution in [2.24, 2.45) is 5.90 Å². The molecule has 0 unspecified atom stereocenters. The average molecular weight is 360 g/mol. The Balaban J connectivity index is 1.48. The topological polar surface area (TPSA) is 93.7 Å². The van der Waals surface area contributed by atoms with Crippen molar-refractivity contribution < 1.29 is 18.2 Å². The van der Waals surface area contributed by atoms with Gasteiger partial charge >= 0.3 is 0 Å². The van der Waals surface area contributed by atoms with Crippen LogP contribution in [0.15, 0.2) is 61.2 Å². The highest BCUT2D eigenvalue weighted by Crippen LogP contribution is 2.22. The molecule has 130 valence electrons. The highest BCUT2D eigenvalue weighted by molar-refractivity contribution is 7.90. The number of hydrogen-bond acceptors (Lipinski definition) is 8. The molecule has 2 aromatic carbocycles. The number of nitrogens with zero attached hydrogens (tertiary/aromatic N) is 3. The first-order chi connectivity index (χ1) is 12.3. The molecule has 0 amide bonds. The van der Waals surface area contributed by atoms with Crippen molar-refractivity contribution in [2.45, 2.75) is 13.2 Å². The maximum atomic E-state index is 5.75. The molecule has 0 aliphatic heterocycles. The van der Waals surface area contributed by atoms with Gasteiger partial charge in [0, 0.05) is 0 Å². The Morgan fingerprint density at radius 1 is 0.960 bits per heavy atom. The summed E-state index contributed by atoms with van der Waals surface area (Å²) in [4.78, 5) is 7.85. The molecule has 9 heteroatoms. The fourth-order valence-electron chi connectivity index (χ4n) is 2.07. The standard InChI is InChI=1S/C16H16N4O4S/c17-23-24-25-22-16-7-5-15(6-8-16)21-10-14-3-1-13(2-4-14)9-20-12-18-11-19-20/h1-8,11-12H,9-10,17H2. The summed E-state index contributed by atoms with van der Waals surface area (Å²) in [6.07, 6.45) is 3.22. The summed E-state index contributed by atoms with van der Waals surface area (Å²) in [5.74, 6) is 6.03. The molecule has 0 saturated heterocycles. The van der Waals surface area contributed by atoms with Crippen LogP contribution in [0.2, 0.25) is 0 Å². The summed E-state index contributed by atoms with van der Waals surface area (Å²) in [5, 5.41) is 4.09. The minimum atomic E-state index is 0.475. The molecule has 0 aliphatic rings. The molecule has 3 aromatic rings. The highest BCUT2D eigenvalue weighted by atomic mass is 32.2. The SMILES string of the molecule is NOOSOc1ccc(OCc2ccc(Cn3cncn3)cc2)cc1. The highest BCUT2D eigenvalue weighted by Gasteiger charge is 2.01. The van der Waals surface area contributed by atoms with Gasteiger partial charge in [-0.1, -0.05) is 24.3 Å². The monoisotopic (exact) mass is 360 g/mol. The Bertz CT molecular complexity index is 751. The van der Waals surface area contributed by atoms with Crippen LogP contribution < -0.4 is 14.8 Å². The summed E-state index contributed by atoms with van der Waals surface area (Å²) in [6.45, 7) is 1.17. The molecule has 0 spiro atoms. The second-order valence-electron chi connectivity index (χ2n) is 4.99. The summed E-state index contributed by atoms with van der Waals surface area (Å²) < 4.78 is 17.0. The van der Waals surface area contributed by atoms with E-state index in [1.54, 1.807) is 35.3 Å².